The van der Waals surface area contributed by atoms with Gasteiger partial charge in [-0.25, -0.2) is 9.67 Å². The van der Waals surface area contributed by atoms with Gasteiger partial charge in [0.25, 0.3) is 0 Å². The molecule has 0 saturated carbocycles. The highest BCUT2D eigenvalue weighted by Gasteiger charge is 2.23. The largest absolute Gasteiger partial charge is 0.861 e. The van der Waals surface area contributed by atoms with Gasteiger partial charge in [-0.1, -0.05) is 30.3 Å². The highest BCUT2D eigenvalue weighted by atomic mass is 16.3. The molecule has 0 aliphatic heterocycles. The summed E-state index contributed by atoms with van der Waals surface area (Å²) in [6.45, 7) is 1.69. The second-order valence-electron chi connectivity index (χ2n) is 4.15. The molecular formula is C13H13N5O. The van der Waals surface area contributed by atoms with Crippen LogP contribution >= 0.6 is 0 Å². The summed E-state index contributed by atoms with van der Waals surface area (Å²) < 4.78 is 1.42. The smallest absolute Gasteiger partial charge is 0.451 e. The quantitative estimate of drug-likeness (QED) is 0.476. The van der Waals surface area contributed by atoms with E-state index in [9.17, 15) is 5.11 Å². The van der Waals surface area contributed by atoms with Crippen molar-refractivity contribution in [2.24, 2.45) is 12.0 Å². The molecule has 0 N–H and O–H groups in total. The molecule has 2 aromatic rings. The van der Waals surface area contributed by atoms with E-state index < -0.39 is 0 Å². The van der Waals surface area contributed by atoms with Gasteiger partial charge in [0.15, 0.2) is 10.7 Å². The highest BCUT2D eigenvalue weighted by Crippen LogP contribution is 2.30. The number of aromatic nitrogens is 2. The lowest BCUT2D eigenvalue weighted by atomic mass is 10.1. The lowest BCUT2D eigenvalue weighted by molar-refractivity contribution is -0.217. The van der Waals surface area contributed by atoms with Gasteiger partial charge in [-0.3, -0.25) is 0 Å². The number of hydrogen-bond acceptors (Lipinski definition) is 4. The third-order valence-corrected chi connectivity index (χ3v) is 2.69. The van der Waals surface area contributed by atoms with Gasteiger partial charge in [0.2, 0.25) is 11.2 Å². The number of aliphatic imine (C=N–C) groups is 1. The Morgan fingerprint density at radius 2 is 2.11 bits per heavy atom. The van der Waals surface area contributed by atoms with Crippen molar-refractivity contribution in [2.45, 2.75) is 13.3 Å². The van der Waals surface area contributed by atoms with E-state index in [-0.39, 0.29) is 23.8 Å². The Bertz CT molecular complexity index is 652. The maximum Gasteiger partial charge on any atom is 0.451 e. The molecule has 96 valence electrons. The maximum atomic E-state index is 11.9. The Labute approximate surface area is 110 Å². The molecule has 2 rings (SSSR count). The van der Waals surface area contributed by atoms with Crippen LogP contribution < -0.4 is 5.11 Å². The van der Waals surface area contributed by atoms with Crippen molar-refractivity contribution < 1.29 is 5.11 Å². The first-order valence-corrected chi connectivity index (χ1v) is 5.79. The Balaban J connectivity index is 2.29. The molecule has 6 nitrogen and oxygen atoms in total. The first-order chi connectivity index (χ1) is 9.11. The molecule has 0 saturated heterocycles. The minimum absolute atomic E-state index is 0.204. The standard InChI is InChI=1S/C13H13N5O/c1-9-12(16-14)13(18(2)17-9)15-11(19)8-10-6-4-3-5-7-10/h3-7H,8H2,1-2H3. The summed E-state index contributed by atoms with van der Waals surface area (Å²) in [5.41, 5.74) is 1.64. The zero-order chi connectivity index (χ0) is 13.8. The Morgan fingerprint density at radius 1 is 1.42 bits per heavy atom. The SMILES string of the molecule is Cc1nn(C)c(N=C([O-])Cc2ccccc2)c1[N+]#N. The fraction of sp³-hybridized carbons (Fsp3) is 0.231. The molecule has 1 heterocycles. The third-order valence-electron chi connectivity index (χ3n) is 2.69. The van der Waals surface area contributed by atoms with Crippen LogP contribution in [0.15, 0.2) is 35.3 Å². The van der Waals surface area contributed by atoms with Crippen LogP contribution in [0, 0.1) is 12.3 Å². The van der Waals surface area contributed by atoms with Gasteiger partial charge in [-0.05, 0) is 18.4 Å². The fourth-order valence-corrected chi connectivity index (χ4v) is 1.81. The van der Waals surface area contributed by atoms with Crippen molar-refractivity contribution in [3.05, 3.63) is 46.6 Å². The molecule has 0 fully saturated rings. The molecule has 0 aliphatic carbocycles. The van der Waals surface area contributed by atoms with Crippen LogP contribution in [0.3, 0.4) is 0 Å². The van der Waals surface area contributed by atoms with Crippen molar-refractivity contribution >= 4 is 17.4 Å². The monoisotopic (exact) mass is 255 g/mol. The summed E-state index contributed by atoms with van der Waals surface area (Å²) in [6.07, 6.45) is 0.204. The van der Waals surface area contributed by atoms with Crippen LogP contribution in [0.2, 0.25) is 0 Å². The summed E-state index contributed by atoms with van der Waals surface area (Å²) in [5.74, 6) is -0.0416. The predicted molar refractivity (Wildman–Crippen MR) is 69.9 cm³/mol. The molecule has 0 atom stereocenters. The van der Waals surface area contributed by atoms with Gasteiger partial charge in [-0.2, -0.15) is 5.10 Å². The Hall–Kier alpha value is -2.68. The Morgan fingerprint density at radius 3 is 2.74 bits per heavy atom. The van der Waals surface area contributed by atoms with E-state index in [0.29, 0.717) is 5.69 Å². The molecule has 0 bridgehead atoms. The van der Waals surface area contributed by atoms with Crippen molar-refractivity contribution in [3.63, 3.8) is 0 Å². The summed E-state index contributed by atoms with van der Waals surface area (Å²) in [7, 11) is 1.65. The maximum absolute atomic E-state index is 11.9. The second-order valence-corrected chi connectivity index (χ2v) is 4.15. The van der Waals surface area contributed by atoms with Gasteiger partial charge in [-0.15, -0.1) is 0 Å². The predicted octanol–water partition coefficient (Wildman–Crippen LogP) is 1.85. The molecule has 0 aliphatic rings. The van der Waals surface area contributed by atoms with Crippen molar-refractivity contribution in [2.75, 3.05) is 0 Å². The molecule has 0 spiro atoms. The third kappa shape index (κ3) is 2.77. The summed E-state index contributed by atoms with van der Waals surface area (Å²) in [6, 6.07) is 9.34. The van der Waals surface area contributed by atoms with Gasteiger partial charge >= 0.3 is 5.69 Å². The lowest BCUT2D eigenvalue weighted by Gasteiger charge is -2.09. The summed E-state index contributed by atoms with van der Waals surface area (Å²) in [4.78, 5) is 7.07. The number of hydrogen-bond donors (Lipinski definition) is 0. The Kier molecular flexibility index (Phi) is 3.57. The van der Waals surface area contributed by atoms with Crippen molar-refractivity contribution in [3.8, 4) is 0 Å². The van der Waals surface area contributed by atoms with E-state index in [1.54, 1.807) is 14.0 Å². The fourth-order valence-electron chi connectivity index (χ4n) is 1.81. The minimum atomic E-state index is -0.306. The number of benzene rings is 1. The van der Waals surface area contributed by atoms with Crippen LogP contribution in [0.1, 0.15) is 11.3 Å². The molecule has 6 heteroatoms. The van der Waals surface area contributed by atoms with E-state index >= 15 is 0 Å². The molecule has 1 aromatic carbocycles. The molecule has 0 radical (unpaired) electrons. The molecule has 0 unspecified atom stereocenters. The average Bonchev–Trinajstić information content (AvgIpc) is 2.65. The number of aryl methyl sites for hydroxylation is 2. The van der Waals surface area contributed by atoms with E-state index in [1.165, 1.54) is 4.68 Å². The summed E-state index contributed by atoms with van der Waals surface area (Å²) in [5, 5.41) is 24.9. The average molecular weight is 255 g/mol. The van der Waals surface area contributed by atoms with Crippen molar-refractivity contribution in [1.29, 1.82) is 5.39 Å². The number of diazo groups is 1. The molecule has 19 heavy (non-hydrogen) atoms. The van der Waals surface area contributed by atoms with E-state index in [0.717, 1.165) is 5.56 Å². The second kappa shape index (κ2) is 5.31. The zero-order valence-electron chi connectivity index (χ0n) is 10.7. The first kappa shape index (κ1) is 12.8. The van der Waals surface area contributed by atoms with Gasteiger partial charge in [0, 0.05) is 13.5 Å². The van der Waals surface area contributed by atoms with Gasteiger partial charge in [0.05, 0.1) is 0 Å². The van der Waals surface area contributed by atoms with E-state index in [1.807, 2.05) is 30.3 Å². The van der Waals surface area contributed by atoms with E-state index in [2.05, 4.69) is 15.1 Å². The van der Waals surface area contributed by atoms with Crippen LogP contribution in [0.5, 0.6) is 0 Å². The minimum Gasteiger partial charge on any atom is -0.861 e. The molecule has 0 amide bonds. The van der Waals surface area contributed by atoms with Crippen LogP contribution in [0.25, 0.3) is 4.98 Å². The van der Waals surface area contributed by atoms with Crippen LogP contribution in [0.4, 0.5) is 11.5 Å². The van der Waals surface area contributed by atoms with Gasteiger partial charge < -0.3 is 5.11 Å². The molecular weight excluding hydrogens is 242 g/mol. The normalized spacial score (nSPS) is 11.3. The highest BCUT2D eigenvalue weighted by molar-refractivity contribution is 5.80. The number of rotatable bonds is 3. The van der Waals surface area contributed by atoms with Crippen LogP contribution in [-0.2, 0) is 13.5 Å². The van der Waals surface area contributed by atoms with E-state index in [4.69, 9.17) is 5.39 Å². The zero-order valence-corrected chi connectivity index (χ0v) is 10.7. The molecule has 1 aromatic heterocycles. The number of nitrogens with zero attached hydrogens (tertiary/aromatic N) is 5. The summed E-state index contributed by atoms with van der Waals surface area (Å²) >= 11 is 0. The van der Waals surface area contributed by atoms with Crippen molar-refractivity contribution in [1.82, 2.24) is 9.78 Å². The lowest BCUT2D eigenvalue weighted by Crippen LogP contribution is -2.20. The van der Waals surface area contributed by atoms with Gasteiger partial charge in [0.1, 0.15) is 0 Å². The first-order valence-electron chi connectivity index (χ1n) is 5.79. The topological polar surface area (TPSA) is 81.4 Å². The van der Waals surface area contributed by atoms with Crippen LogP contribution in [-0.4, -0.2) is 15.7 Å².